The number of hydrogen-bond acceptors (Lipinski definition) is 3. The molecule has 0 bridgehead atoms. The second-order valence-electron chi connectivity index (χ2n) is 6.36. The fourth-order valence-electron chi connectivity index (χ4n) is 2.93. The maximum Gasteiger partial charge on any atom is 0.241 e. The van der Waals surface area contributed by atoms with Crippen LogP contribution in [0.1, 0.15) is 24.1 Å². The molecule has 0 fully saturated rings. The van der Waals surface area contributed by atoms with Crippen LogP contribution in [-0.2, 0) is 4.79 Å². The van der Waals surface area contributed by atoms with Crippen LogP contribution in [0.3, 0.4) is 0 Å². The van der Waals surface area contributed by atoms with Crippen LogP contribution in [-0.4, -0.2) is 19.1 Å². The lowest BCUT2D eigenvalue weighted by Crippen LogP contribution is -2.40. The first-order chi connectivity index (χ1) is 13.2. The van der Waals surface area contributed by atoms with Gasteiger partial charge < -0.3 is 10.1 Å². The van der Waals surface area contributed by atoms with Gasteiger partial charge >= 0.3 is 0 Å². The minimum absolute atomic E-state index is 0.0657. The molecule has 138 valence electrons. The second-order valence-corrected chi connectivity index (χ2v) is 6.36. The van der Waals surface area contributed by atoms with E-state index in [1.807, 2.05) is 67.6 Å². The molecule has 3 aromatic carbocycles. The Morgan fingerprint density at radius 3 is 1.81 bits per heavy atom. The molecule has 0 aromatic heterocycles. The molecule has 0 saturated heterocycles. The fraction of sp³-hybridized carbons (Fsp3) is 0.174. The van der Waals surface area contributed by atoms with Crippen molar-refractivity contribution in [2.45, 2.75) is 19.0 Å². The van der Waals surface area contributed by atoms with Crippen molar-refractivity contribution in [2.75, 3.05) is 12.4 Å². The number of anilines is 1. The lowest BCUT2D eigenvalue weighted by molar-refractivity contribution is -0.117. The molecule has 0 unspecified atom stereocenters. The van der Waals surface area contributed by atoms with E-state index in [1.54, 1.807) is 7.11 Å². The Labute approximate surface area is 160 Å². The Kier molecular flexibility index (Phi) is 6.23. The number of benzene rings is 3. The van der Waals surface area contributed by atoms with Gasteiger partial charge in [-0.1, -0.05) is 60.7 Å². The van der Waals surface area contributed by atoms with Gasteiger partial charge in [-0.3, -0.25) is 10.1 Å². The molecular formula is C23H24N2O2. The Morgan fingerprint density at radius 2 is 1.33 bits per heavy atom. The largest absolute Gasteiger partial charge is 0.497 e. The van der Waals surface area contributed by atoms with Crippen molar-refractivity contribution >= 4 is 11.6 Å². The van der Waals surface area contributed by atoms with Gasteiger partial charge in [-0.05, 0) is 42.3 Å². The average molecular weight is 360 g/mol. The Morgan fingerprint density at radius 1 is 0.815 bits per heavy atom. The summed E-state index contributed by atoms with van der Waals surface area (Å²) in [6, 6.07) is 27.2. The van der Waals surface area contributed by atoms with Crippen molar-refractivity contribution in [3.05, 3.63) is 96.1 Å². The zero-order valence-corrected chi connectivity index (χ0v) is 15.6. The molecule has 3 rings (SSSR count). The summed E-state index contributed by atoms with van der Waals surface area (Å²) in [5, 5.41) is 6.40. The third-order valence-electron chi connectivity index (χ3n) is 4.43. The molecule has 2 N–H and O–H groups in total. The predicted octanol–water partition coefficient (Wildman–Crippen LogP) is 4.40. The third-order valence-corrected chi connectivity index (χ3v) is 4.43. The Hall–Kier alpha value is -3.11. The summed E-state index contributed by atoms with van der Waals surface area (Å²) in [4.78, 5) is 12.7. The molecule has 0 heterocycles. The first-order valence-corrected chi connectivity index (χ1v) is 8.98. The van der Waals surface area contributed by atoms with Gasteiger partial charge in [0.1, 0.15) is 5.75 Å². The van der Waals surface area contributed by atoms with Crippen LogP contribution >= 0.6 is 0 Å². The van der Waals surface area contributed by atoms with E-state index in [2.05, 4.69) is 34.9 Å². The van der Waals surface area contributed by atoms with Gasteiger partial charge in [-0.15, -0.1) is 0 Å². The number of carbonyl (C=O) groups excluding carboxylic acids is 1. The SMILES string of the molecule is COc1ccc(NC(=O)[C@H](C)NC(c2ccccc2)c2ccccc2)cc1. The normalized spacial score (nSPS) is 11.8. The predicted molar refractivity (Wildman–Crippen MR) is 109 cm³/mol. The smallest absolute Gasteiger partial charge is 0.241 e. The molecule has 4 nitrogen and oxygen atoms in total. The molecule has 27 heavy (non-hydrogen) atoms. The molecular weight excluding hydrogens is 336 g/mol. The summed E-state index contributed by atoms with van der Waals surface area (Å²) < 4.78 is 5.15. The zero-order chi connectivity index (χ0) is 19.1. The molecule has 0 aliphatic rings. The van der Waals surface area contributed by atoms with E-state index in [0.717, 1.165) is 22.6 Å². The van der Waals surface area contributed by atoms with E-state index in [-0.39, 0.29) is 18.0 Å². The monoisotopic (exact) mass is 360 g/mol. The highest BCUT2D eigenvalue weighted by Gasteiger charge is 2.20. The summed E-state index contributed by atoms with van der Waals surface area (Å²) in [6.07, 6.45) is 0. The molecule has 0 saturated carbocycles. The quantitative estimate of drug-likeness (QED) is 0.656. The first kappa shape index (κ1) is 18.7. The second kappa shape index (κ2) is 9.01. The molecule has 0 aliphatic carbocycles. The van der Waals surface area contributed by atoms with Crippen LogP contribution in [0.5, 0.6) is 5.75 Å². The van der Waals surface area contributed by atoms with Crippen molar-refractivity contribution < 1.29 is 9.53 Å². The molecule has 0 spiro atoms. The Bertz CT molecular complexity index is 809. The summed E-state index contributed by atoms with van der Waals surface area (Å²) in [5.41, 5.74) is 2.98. The van der Waals surface area contributed by atoms with E-state index < -0.39 is 0 Å². The maximum atomic E-state index is 12.7. The van der Waals surface area contributed by atoms with E-state index in [0.29, 0.717) is 0 Å². The van der Waals surface area contributed by atoms with Gasteiger partial charge in [-0.25, -0.2) is 0 Å². The highest BCUT2D eigenvalue weighted by atomic mass is 16.5. The Balaban J connectivity index is 1.73. The van der Waals surface area contributed by atoms with Crippen LogP contribution in [0, 0.1) is 0 Å². The number of hydrogen-bond donors (Lipinski definition) is 2. The van der Waals surface area contributed by atoms with Gasteiger partial charge in [0, 0.05) is 5.69 Å². The van der Waals surface area contributed by atoms with Gasteiger partial charge in [0.05, 0.1) is 19.2 Å². The lowest BCUT2D eigenvalue weighted by Gasteiger charge is -2.24. The molecule has 0 aliphatic heterocycles. The lowest BCUT2D eigenvalue weighted by atomic mass is 9.98. The van der Waals surface area contributed by atoms with Crippen LogP contribution in [0.4, 0.5) is 5.69 Å². The number of amides is 1. The molecule has 4 heteroatoms. The highest BCUT2D eigenvalue weighted by Crippen LogP contribution is 2.23. The van der Waals surface area contributed by atoms with E-state index in [4.69, 9.17) is 4.74 Å². The number of ether oxygens (including phenoxy) is 1. The van der Waals surface area contributed by atoms with Crippen molar-refractivity contribution in [1.82, 2.24) is 5.32 Å². The topological polar surface area (TPSA) is 50.4 Å². The van der Waals surface area contributed by atoms with Crippen molar-refractivity contribution in [2.24, 2.45) is 0 Å². The number of carbonyl (C=O) groups is 1. The minimum atomic E-state index is -0.377. The third kappa shape index (κ3) is 4.96. The van der Waals surface area contributed by atoms with E-state index >= 15 is 0 Å². The molecule has 0 radical (unpaired) electrons. The summed E-state index contributed by atoms with van der Waals surface area (Å²) in [6.45, 7) is 1.87. The van der Waals surface area contributed by atoms with Crippen LogP contribution in [0.15, 0.2) is 84.9 Å². The van der Waals surface area contributed by atoms with Crippen molar-refractivity contribution in [3.63, 3.8) is 0 Å². The number of nitrogens with one attached hydrogen (secondary N) is 2. The van der Waals surface area contributed by atoms with Crippen LogP contribution in [0.25, 0.3) is 0 Å². The van der Waals surface area contributed by atoms with E-state index in [1.165, 1.54) is 0 Å². The average Bonchev–Trinajstić information content (AvgIpc) is 2.73. The summed E-state index contributed by atoms with van der Waals surface area (Å²) >= 11 is 0. The van der Waals surface area contributed by atoms with Gasteiger partial charge in [0.2, 0.25) is 5.91 Å². The molecule has 3 aromatic rings. The minimum Gasteiger partial charge on any atom is -0.497 e. The first-order valence-electron chi connectivity index (χ1n) is 8.98. The molecule has 1 atom stereocenters. The fourth-order valence-corrected chi connectivity index (χ4v) is 2.93. The van der Waals surface area contributed by atoms with Crippen LogP contribution < -0.4 is 15.4 Å². The molecule has 1 amide bonds. The number of rotatable bonds is 7. The summed E-state index contributed by atoms with van der Waals surface area (Å²) in [5.74, 6) is 0.671. The maximum absolute atomic E-state index is 12.7. The zero-order valence-electron chi connectivity index (χ0n) is 15.6. The van der Waals surface area contributed by atoms with Crippen LogP contribution in [0.2, 0.25) is 0 Å². The summed E-state index contributed by atoms with van der Waals surface area (Å²) in [7, 11) is 1.62. The standard InChI is InChI=1S/C23H24N2O2/c1-17(23(26)25-20-13-15-21(27-2)16-14-20)24-22(18-9-5-3-6-10-18)19-11-7-4-8-12-19/h3-17,22,24H,1-2H3,(H,25,26)/t17-/m0/s1. The van der Waals surface area contributed by atoms with E-state index in [9.17, 15) is 4.79 Å². The van der Waals surface area contributed by atoms with Crippen molar-refractivity contribution in [1.29, 1.82) is 0 Å². The van der Waals surface area contributed by atoms with Gasteiger partial charge in [-0.2, -0.15) is 0 Å². The van der Waals surface area contributed by atoms with Gasteiger partial charge in [0.25, 0.3) is 0 Å². The highest BCUT2D eigenvalue weighted by molar-refractivity contribution is 5.94. The van der Waals surface area contributed by atoms with Crippen molar-refractivity contribution in [3.8, 4) is 5.75 Å². The van der Waals surface area contributed by atoms with Gasteiger partial charge in [0.15, 0.2) is 0 Å². The number of methoxy groups -OCH3 is 1.